The minimum absolute atomic E-state index is 0.163. The molecule has 0 fully saturated rings. The Labute approximate surface area is 119 Å². The van der Waals surface area contributed by atoms with E-state index in [-0.39, 0.29) is 5.76 Å². The van der Waals surface area contributed by atoms with E-state index in [1.807, 2.05) is 35.8 Å². The number of para-hydroxylation sites is 1. The lowest BCUT2D eigenvalue weighted by Gasteiger charge is -2.12. The molecule has 1 aliphatic rings. The van der Waals surface area contributed by atoms with E-state index in [1.165, 1.54) is 17.6 Å². The molecule has 0 aliphatic carbocycles. The second-order valence-corrected chi connectivity index (χ2v) is 5.22. The monoisotopic (exact) mass is 290 g/mol. The van der Waals surface area contributed by atoms with Crippen molar-refractivity contribution in [3.05, 3.63) is 41.1 Å². The summed E-state index contributed by atoms with van der Waals surface area (Å²) in [7, 11) is 0. The van der Waals surface area contributed by atoms with Crippen LogP contribution in [0.5, 0.6) is 0 Å². The maximum atomic E-state index is 12.1. The Kier molecular flexibility index (Phi) is 3.56. The van der Waals surface area contributed by atoms with Gasteiger partial charge in [-0.25, -0.2) is 0 Å². The molecule has 0 N–H and O–H groups in total. The third kappa shape index (κ3) is 2.34. The molecule has 0 saturated heterocycles. The van der Waals surface area contributed by atoms with Crippen LogP contribution in [0.3, 0.4) is 0 Å². The van der Waals surface area contributed by atoms with Gasteiger partial charge in [0.05, 0.1) is 10.2 Å². The molecule has 2 heterocycles. The molecule has 0 radical (unpaired) electrons. The van der Waals surface area contributed by atoms with Crippen LogP contribution in [0.25, 0.3) is 10.2 Å². The van der Waals surface area contributed by atoms with Crippen LogP contribution in [0.2, 0.25) is 0 Å². The fraction of sp³-hybridized carbons (Fsp3) is 0.286. The molecule has 3 rings (SSSR count). The van der Waals surface area contributed by atoms with Gasteiger partial charge in [-0.15, -0.1) is 0 Å². The summed E-state index contributed by atoms with van der Waals surface area (Å²) in [6.45, 7) is 3.64. The summed E-state index contributed by atoms with van der Waals surface area (Å²) in [6, 6.07) is 8.01. The number of amides is 1. The highest BCUT2D eigenvalue weighted by molar-refractivity contribution is 7.16. The Balaban J connectivity index is 2.06. The van der Waals surface area contributed by atoms with Gasteiger partial charge < -0.3 is 14.0 Å². The number of hydrogen-bond acceptors (Lipinski definition) is 4. The molecule has 6 heteroatoms. The molecule has 20 heavy (non-hydrogen) atoms. The van der Waals surface area contributed by atoms with Gasteiger partial charge in [0.2, 0.25) is 5.76 Å². The normalized spacial score (nSPS) is 15.7. The lowest BCUT2D eigenvalue weighted by molar-refractivity contribution is -0.119. The fourth-order valence-corrected chi connectivity index (χ4v) is 3.13. The number of ether oxygens (including phenoxy) is 2. The predicted octanol–water partition coefficient (Wildman–Crippen LogP) is 2.04. The number of aromatic nitrogens is 1. The first-order chi connectivity index (χ1) is 9.79. The molecule has 0 saturated carbocycles. The van der Waals surface area contributed by atoms with E-state index < -0.39 is 5.91 Å². The molecular formula is C14H14N2O3S. The molecule has 0 bridgehead atoms. The van der Waals surface area contributed by atoms with Crippen molar-refractivity contribution in [2.24, 2.45) is 4.99 Å². The van der Waals surface area contributed by atoms with Crippen molar-refractivity contribution in [1.82, 2.24) is 4.57 Å². The Morgan fingerprint density at radius 3 is 3.00 bits per heavy atom. The first-order valence-electron chi connectivity index (χ1n) is 6.41. The van der Waals surface area contributed by atoms with Crippen molar-refractivity contribution in [2.45, 2.75) is 13.5 Å². The number of carbonyl (C=O) groups excluding carboxylic acids is 1. The number of fused-ring (bicyclic) bond motifs is 1. The summed E-state index contributed by atoms with van der Waals surface area (Å²) in [6.07, 6.45) is 1.33. The van der Waals surface area contributed by atoms with E-state index in [2.05, 4.69) is 4.99 Å². The topological polar surface area (TPSA) is 52.8 Å². The number of hydrogen-bond donors (Lipinski definition) is 0. The molecule has 0 atom stereocenters. The van der Waals surface area contributed by atoms with Crippen molar-refractivity contribution in [2.75, 3.05) is 13.2 Å². The number of rotatable bonds is 2. The summed E-state index contributed by atoms with van der Waals surface area (Å²) >= 11 is 1.49. The highest BCUT2D eigenvalue weighted by atomic mass is 32.1. The van der Waals surface area contributed by atoms with E-state index in [4.69, 9.17) is 9.47 Å². The summed E-state index contributed by atoms with van der Waals surface area (Å²) in [5.74, 6) is -0.241. The molecule has 1 aliphatic heterocycles. The van der Waals surface area contributed by atoms with Crippen LogP contribution in [0.4, 0.5) is 0 Å². The molecule has 1 aromatic carbocycles. The Morgan fingerprint density at radius 2 is 2.25 bits per heavy atom. The van der Waals surface area contributed by atoms with Crippen LogP contribution in [0.1, 0.15) is 6.92 Å². The van der Waals surface area contributed by atoms with Crippen LogP contribution >= 0.6 is 11.3 Å². The maximum Gasteiger partial charge on any atom is 0.317 e. The first kappa shape index (κ1) is 12.9. The van der Waals surface area contributed by atoms with E-state index in [0.29, 0.717) is 18.0 Å². The zero-order valence-corrected chi connectivity index (χ0v) is 11.9. The summed E-state index contributed by atoms with van der Waals surface area (Å²) in [5.41, 5.74) is 1.08. The van der Waals surface area contributed by atoms with Crippen molar-refractivity contribution in [1.29, 1.82) is 0 Å². The average Bonchev–Trinajstić information content (AvgIpc) is 2.85. The SMILES string of the molecule is CCn1c(=NC(=O)C2=COCCO2)sc2ccccc21. The van der Waals surface area contributed by atoms with E-state index >= 15 is 0 Å². The second kappa shape index (κ2) is 5.50. The maximum absolute atomic E-state index is 12.1. The zero-order valence-electron chi connectivity index (χ0n) is 11.0. The van der Waals surface area contributed by atoms with E-state index in [1.54, 1.807) is 0 Å². The number of thiazole rings is 1. The molecule has 5 nitrogen and oxygen atoms in total. The largest absolute Gasteiger partial charge is 0.494 e. The van der Waals surface area contributed by atoms with Gasteiger partial charge in [0.25, 0.3) is 0 Å². The summed E-state index contributed by atoms with van der Waals surface area (Å²) in [5, 5.41) is 0. The van der Waals surface area contributed by atoms with Gasteiger partial charge in [-0.1, -0.05) is 23.5 Å². The number of carbonyl (C=O) groups is 1. The highest BCUT2D eigenvalue weighted by Gasteiger charge is 2.15. The Hall–Kier alpha value is -2.08. The molecular weight excluding hydrogens is 276 g/mol. The molecule has 104 valence electrons. The highest BCUT2D eigenvalue weighted by Crippen LogP contribution is 2.16. The lowest BCUT2D eigenvalue weighted by Crippen LogP contribution is -2.19. The average molecular weight is 290 g/mol. The number of nitrogens with zero attached hydrogens (tertiary/aromatic N) is 2. The first-order valence-corrected chi connectivity index (χ1v) is 7.23. The summed E-state index contributed by atoms with van der Waals surface area (Å²) < 4.78 is 13.5. The van der Waals surface area contributed by atoms with Gasteiger partial charge >= 0.3 is 5.91 Å². The molecule has 2 aromatic rings. The van der Waals surface area contributed by atoms with Gasteiger partial charge in [-0.05, 0) is 19.1 Å². The number of aryl methyl sites for hydroxylation is 1. The van der Waals surface area contributed by atoms with Gasteiger partial charge in [-0.3, -0.25) is 4.79 Å². The van der Waals surface area contributed by atoms with Crippen LogP contribution in [0.15, 0.2) is 41.3 Å². The van der Waals surface area contributed by atoms with Gasteiger partial charge in [-0.2, -0.15) is 4.99 Å². The van der Waals surface area contributed by atoms with E-state index in [9.17, 15) is 4.79 Å². The van der Waals surface area contributed by atoms with Crippen molar-refractivity contribution in [3.8, 4) is 0 Å². The molecule has 0 unspecified atom stereocenters. The third-order valence-electron chi connectivity index (χ3n) is 2.96. The fourth-order valence-electron chi connectivity index (χ4n) is 2.03. The standard InChI is InChI=1S/C14H14N2O3S/c1-2-16-10-5-3-4-6-12(10)20-14(16)15-13(17)11-9-18-7-8-19-11/h3-6,9H,2,7-8H2,1H3. The van der Waals surface area contributed by atoms with Crippen LogP contribution in [-0.2, 0) is 20.8 Å². The summed E-state index contributed by atoms with van der Waals surface area (Å²) in [4.78, 5) is 16.9. The van der Waals surface area contributed by atoms with Crippen molar-refractivity contribution in [3.63, 3.8) is 0 Å². The minimum atomic E-state index is -0.404. The lowest BCUT2D eigenvalue weighted by atomic mass is 10.3. The van der Waals surface area contributed by atoms with Crippen LogP contribution in [0, 0.1) is 0 Å². The predicted molar refractivity (Wildman–Crippen MR) is 76.0 cm³/mol. The van der Waals surface area contributed by atoms with Gasteiger partial charge in [0.15, 0.2) is 4.80 Å². The van der Waals surface area contributed by atoms with Crippen LogP contribution in [-0.4, -0.2) is 23.7 Å². The number of benzene rings is 1. The van der Waals surface area contributed by atoms with Crippen molar-refractivity contribution >= 4 is 27.5 Å². The van der Waals surface area contributed by atoms with E-state index in [0.717, 1.165) is 16.8 Å². The smallest absolute Gasteiger partial charge is 0.317 e. The van der Waals surface area contributed by atoms with Gasteiger partial charge in [0, 0.05) is 6.54 Å². The zero-order chi connectivity index (χ0) is 13.9. The van der Waals surface area contributed by atoms with Gasteiger partial charge in [0.1, 0.15) is 19.5 Å². The van der Waals surface area contributed by atoms with Crippen molar-refractivity contribution < 1.29 is 14.3 Å². The molecule has 0 spiro atoms. The molecule has 1 aromatic heterocycles. The second-order valence-electron chi connectivity index (χ2n) is 4.21. The minimum Gasteiger partial charge on any atom is -0.494 e. The quantitative estimate of drug-likeness (QED) is 0.850. The van der Waals surface area contributed by atoms with Crippen LogP contribution < -0.4 is 4.80 Å². The Bertz CT molecular complexity index is 742. The Morgan fingerprint density at radius 1 is 1.40 bits per heavy atom. The third-order valence-corrected chi connectivity index (χ3v) is 4.02. The molecule has 1 amide bonds.